The van der Waals surface area contributed by atoms with Crippen LogP contribution in [0, 0.1) is 0 Å². The highest BCUT2D eigenvalue weighted by atomic mass is 32.2. The standard InChI is InChI=1S/C10H21NOS/c1-13-8-2-7-11-9-3-5-10(12)6-4-9/h9-12H,2-8H2,1H3. The fourth-order valence-electron chi connectivity index (χ4n) is 1.80. The van der Waals surface area contributed by atoms with E-state index in [4.69, 9.17) is 0 Å². The van der Waals surface area contributed by atoms with Gasteiger partial charge in [-0.15, -0.1) is 0 Å². The van der Waals surface area contributed by atoms with E-state index in [-0.39, 0.29) is 6.10 Å². The molecule has 0 bridgehead atoms. The number of nitrogens with one attached hydrogen (secondary N) is 1. The molecule has 0 radical (unpaired) electrons. The van der Waals surface area contributed by atoms with Crippen LogP contribution in [0.1, 0.15) is 32.1 Å². The van der Waals surface area contributed by atoms with Gasteiger partial charge in [0.05, 0.1) is 6.10 Å². The van der Waals surface area contributed by atoms with Crippen LogP contribution in [0.4, 0.5) is 0 Å². The molecular weight excluding hydrogens is 182 g/mol. The predicted octanol–water partition coefficient (Wildman–Crippen LogP) is 1.63. The Morgan fingerprint density at radius 2 is 2.00 bits per heavy atom. The Morgan fingerprint density at radius 3 is 2.62 bits per heavy atom. The lowest BCUT2D eigenvalue weighted by Crippen LogP contribution is -2.35. The second-order valence-electron chi connectivity index (χ2n) is 3.81. The summed E-state index contributed by atoms with van der Waals surface area (Å²) in [5.41, 5.74) is 0. The lowest BCUT2D eigenvalue weighted by molar-refractivity contribution is 0.117. The quantitative estimate of drug-likeness (QED) is 0.666. The Hall–Kier alpha value is 0.270. The summed E-state index contributed by atoms with van der Waals surface area (Å²) >= 11 is 1.91. The topological polar surface area (TPSA) is 32.3 Å². The minimum absolute atomic E-state index is 0.0238. The molecule has 0 aliphatic heterocycles. The van der Waals surface area contributed by atoms with Gasteiger partial charge in [-0.25, -0.2) is 0 Å². The first-order valence-electron chi connectivity index (χ1n) is 5.23. The molecule has 0 heterocycles. The Bertz CT molecular complexity index is 124. The molecular formula is C10H21NOS. The lowest BCUT2D eigenvalue weighted by atomic mass is 9.93. The van der Waals surface area contributed by atoms with Gasteiger partial charge in [0.1, 0.15) is 0 Å². The second-order valence-corrected chi connectivity index (χ2v) is 4.79. The van der Waals surface area contributed by atoms with E-state index in [1.807, 2.05) is 11.8 Å². The van der Waals surface area contributed by atoms with Gasteiger partial charge in [0.15, 0.2) is 0 Å². The monoisotopic (exact) mass is 203 g/mol. The van der Waals surface area contributed by atoms with Crippen molar-refractivity contribution >= 4 is 11.8 Å². The van der Waals surface area contributed by atoms with E-state index in [9.17, 15) is 5.11 Å². The largest absolute Gasteiger partial charge is 0.393 e. The summed E-state index contributed by atoms with van der Waals surface area (Å²) < 4.78 is 0. The summed E-state index contributed by atoms with van der Waals surface area (Å²) in [6.07, 6.45) is 7.67. The maximum atomic E-state index is 9.31. The zero-order valence-electron chi connectivity index (χ0n) is 8.46. The summed E-state index contributed by atoms with van der Waals surface area (Å²) in [6.45, 7) is 1.14. The Kier molecular flexibility index (Phi) is 5.83. The normalized spacial score (nSPS) is 29.1. The van der Waals surface area contributed by atoms with E-state index in [1.165, 1.54) is 12.2 Å². The van der Waals surface area contributed by atoms with Crippen molar-refractivity contribution in [2.24, 2.45) is 0 Å². The molecule has 0 unspecified atom stereocenters. The molecule has 0 spiro atoms. The fraction of sp³-hybridized carbons (Fsp3) is 1.00. The SMILES string of the molecule is CSCCCNC1CCC(O)CC1. The third-order valence-corrected chi connectivity index (χ3v) is 3.35. The summed E-state index contributed by atoms with van der Waals surface area (Å²) in [6, 6.07) is 0.672. The molecule has 3 heteroatoms. The van der Waals surface area contributed by atoms with Crippen LogP contribution in [0.15, 0.2) is 0 Å². The van der Waals surface area contributed by atoms with Gasteiger partial charge in [0, 0.05) is 6.04 Å². The molecule has 0 aromatic heterocycles. The molecule has 1 saturated carbocycles. The van der Waals surface area contributed by atoms with Crippen LogP contribution in [0.3, 0.4) is 0 Å². The van der Waals surface area contributed by atoms with Gasteiger partial charge in [0.2, 0.25) is 0 Å². The van der Waals surface area contributed by atoms with Crippen LogP contribution < -0.4 is 5.32 Å². The van der Waals surface area contributed by atoms with Crippen molar-refractivity contribution in [1.82, 2.24) is 5.32 Å². The van der Waals surface area contributed by atoms with E-state index < -0.39 is 0 Å². The number of rotatable bonds is 5. The molecule has 0 amide bonds. The van der Waals surface area contributed by atoms with Crippen LogP contribution in [0.2, 0.25) is 0 Å². The molecule has 0 atom stereocenters. The average molecular weight is 203 g/mol. The first-order valence-corrected chi connectivity index (χ1v) is 6.62. The van der Waals surface area contributed by atoms with Crippen LogP contribution >= 0.6 is 11.8 Å². The molecule has 78 valence electrons. The van der Waals surface area contributed by atoms with Crippen LogP contribution in [0.25, 0.3) is 0 Å². The third kappa shape index (κ3) is 4.89. The molecule has 1 aliphatic rings. The van der Waals surface area contributed by atoms with Gasteiger partial charge >= 0.3 is 0 Å². The van der Waals surface area contributed by atoms with Crippen LogP contribution in [0.5, 0.6) is 0 Å². The molecule has 1 aliphatic carbocycles. The van der Waals surface area contributed by atoms with E-state index in [2.05, 4.69) is 11.6 Å². The lowest BCUT2D eigenvalue weighted by Gasteiger charge is -2.26. The Balaban J connectivity index is 1.96. The van der Waals surface area contributed by atoms with Gasteiger partial charge in [-0.05, 0) is 50.7 Å². The van der Waals surface area contributed by atoms with E-state index in [0.717, 1.165) is 32.2 Å². The highest BCUT2D eigenvalue weighted by Gasteiger charge is 2.17. The summed E-state index contributed by atoms with van der Waals surface area (Å²) in [7, 11) is 0. The minimum Gasteiger partial charge on any atom is -0.393 e. The summed E-state index contributed by atoms with van der Waals surface area (Å²) in [4.78, 5) is 0. The zero-order valence-corrected chi connectivity index (χ0v) is 9.28. The molecule has 1 rings (SSSR count). The summed E-state index contributed by atoms with van der Waals surface area (Å²) in [5, 5.41) is 12.9. The van der Waals surface area contributed by atoms with Crippen molar-refractivity contribution in [3.05, 3.63) is 0 Å². The summed E-state index contributed by atoms with van der Waals surface area (Å²) in [5.74, 6) is 1.25. The number of aliphatic hydroxyl groups excluding tert-OH is 1. The van der Waals surface area contributed by atoms with E-state index >= 15 is 0 Å². The molecule has 0 saturated heterocycles. The van der Waals surface area contributed by atoms with Gasteiger partial charge in [-0.2, -0.15) is 11.8 Å². The van der Waals surface area contributed by atoms with Crippen molar-refractivity contribution in [1.29, 1.82) is 0 Å². The van der Waals surface area contributed by atoms with Gasteiger partial charge in [-0.3, -0.25) is 0 Å². The molecule has 2 N–H and O–H groups in total. The van der Waals surface area contributed by atoms with Crippen molar-refractivity contribution in [2.45, 2.75) is 44.2 Å². The van der Waals surface area contributed by atoms with Crippen molar-refractivity contribution in [2.75, 3.05) is 18.6 Å². The maximum Gasteiger partial charge on any atom is 0.0541 e. The molecule has 0 aromatic carbocycles. The first kappa shape index (κ1) is 11.3. The van der Waals surface area contributed by atoms with E-state index in [0.29, 0.717) is 6.04 Å². The highest BCUT2D eigenvalue weighted by molar-refractivity contribution is 7.98. The molecule has 13 heavy (non-hydrogen) atoms. The smallest absolute Gasteiger partial charge is 0.0541 e. The maximum absolute atomic E-state index is 9.31. The molecule has 0 aromatic rings. The van der Waals surface area contributed by atoms with Gasteiger partial charge in [-0.1, -0.05) is 0 Å². The first-order chi connectivity index (χ1) is 6.33. The Morgan fingerprint density at radius 1 is 1.31 bits per heavy atom. The van der Waals surface area contributed by atoms with Gasteiger partial charge in [0.25, 0.3) is 0 Å². The zero-order chi connectivity index (χ0) is 9.52. The number of aliphatic hydroxyl groups is 1. The second kappa shape index (κ2) is 6.68. The van der Waals surface area contributed by atoms with Crippen LogP contribution in [-0.2, 0) is 0 Å². The number of hydrogen-bond acceptors (Lipinski definition) is 3. The van der Waals surface area contributed by atoms with Crippen molar-refractivity contribution < 1.29 is 5.11 Å². The Labute approximate surface area is 85.5 Å². The third-order valence-electron chi connectivity index (χ3n) is 2.65. The average Bonchev–Trinajstić information content (AvgIpc) is 2.15. The van der Waals surface area contributed by atoms with Crippen LogP contribution in [-0.4, -0.2) is 35.8 Å². The molecule has 2 nitrogen and oxygen atoms in total. The predicted molar refractivity (Wildman–Crippen MR) is 59.3 cm³/mol. The highest BCUT2D eigenvalue weighted by Crippen LogP contribution is 2.18. The number of thioether (sulfide) groups is 1. The van der Waals surface area contributed by atoms with Crippen molar-refractivity contribution in [3.8, 4) is 0 Å². The van der Waals surface area contributed by atoms with Gasteiger partial charge < -0.3 is 10.4 Å². The minimum atomic E-state index is -0.0238. The number of hydrogen-bond donors (Lipinski definition) is 2. The molecule has 1 fully saturated rings. The fourth-order valence-corrected chi connectivity index (χ4v) is 2.24. The van der Waals surface area contributed by atoms with Crippen molar-refractivity contribution in [3.63, 3.8) is 0 Å². The van der Waals surface area contributed by atoms with E-state index in [1.54, 1.807) is 0 Å².